The first-order chi connectivity index (χ1) is 15.0. The number of benzene rings is 3. The molecule has 0 saturated carbocycles. The number of aromatic nitrogens is 1. The van der Waals surface area contributed by atoms with Gasteiger partial charge in [-0.25, -0.2) is 4.90 Å². The minimum absolute atomic E-state index is 0.173. The van der Waals surface area contributed by atoms with Crippen molar-refractivity contribution >= 4 is 40.0 Å². The lowest BCUT2D eigenvalue weighted by atomic mass is 10.1. The Kier molecular flexibility index (Phi) is 4.18. The van der Waals surface area contributed by atoms with Gasteiger partial charge in [-0.1, -0.05) is 30.3 Å². The van der Waals surface area contributed by atoms with Crippen LogP contribution < -0.4 is 4.90 Å². The van der Waals surface area contributed by atoms with Gasteiger partial charge in [-0.2, -0.15) is 0 Å². The summed E-state index contributed by atoms with van der Waals surface area (Å²) in [5.41, 5.74) is 2.12. The van der Waals surface area contributed by atoms with Crippen LogP contribution in [-0.2, 0) is 0 Å². The minimum Gasteiger partial charge on any atom is -0.493 e. The van der Waals surface area contributed by atoms with Gasteiger partial charge in [0.15, 0.2) is 5.69 Å². The Hall–Kier alpha value is -4.59. The summed E-state index contributed by atoms with van der Waals surface area (Å²) in [6.45, 7) is 0. The highest BCUT2D eigenvalue weighted by molar-refractivity contribution is 6.34. The summed E-state index contributed by atoms with van der Waals surface area (Å²) in [5, 5.41) is 18.2. The Morgan fingerprint density at radius 2 is 1.45 bits per heavy atom. The molecule has 3 amide bonds. The van der Waals surface area contributed by atoms with Crippen molar-refractivity contribution in [3.63, 3.8) is 0 Å². The maximum atomic E-state index is 12.6. The van der Waals surface area contributed by atoms with E-state index in [1.165, 1.54) is 24.3 Å². The molecule has 2 heterocycles. The summed E-state index contributed by atoms with van der Waals surface area (Å²) in [7, 11) is 0. The molecule has 150 valence electrons. The highest BCUT2D eigenvalue weighted by Gasteiger charge is 2.36. The third-order valence-electron chi connectivity index (χ3n) is 5.07. The van der Waals surface area contributed by atoms with E-state index in [0.29, 0.717) is 27.7 Å². The van der Waals surface area contributed by atoms with Crippen LogP contribution >= 0.6 is 0 Å². The highest BCUT2D eigenvalue weighted by Crippen LogP contribution is 2.35. The molecule has 0 fully saturated rings. The second-order valence-corrected chi connectivity index (χ2v) is 6.91. The summed E-state index contributed by atoms with van der Waals surface area (Å²) in [6.07, 6.45) is 0. The maximum Gasteiger partial charge on any atom is 0.295 e. The number of aromatic hydroxyl groups is 1. The Balaban J connectivity index is 1.39. The van der Waals surface area contributed by atoms with Crippen LogP contribution in [0.3, 0.4) is 0 Å². The summed E-state index contributed by atoms with van der Waals surface area (Å²) in [4.78, 5) is 41.4. The molecule has 5 rings (SSSR count). The summed E-state index contributed by atoms with van der Waals surface area (Å²) < 4.78 is 0. The first-order valence-corrected chi connectivity index (χ1v) is 9.38. The molecule has 3 aromatic carbocycles. The van der Waals surface area contributed by atoms with Crippen LogP contribution in [0, 0.1) is 0 Å². The van der Waals surface area contributed by atoms with Gasteiger partial charge in [0.1, 0.15) is 0 Å². The topological polar surface area (TPSA) is 115 Å². The van der Waals surface area contributed by atoms with Crippen LogP contribution in [0.5, 0.6) is 5.88 Å². The third kappa shape index (κ3) is 2.98. The lowest BCUT2D eigenvalue weighted by Crippen LogP contribution is -2.29. The molecule has 8 nitrogen and oxygen atoms in total. The highest BCUT2D eigenvalue weighted by atomic mass is 16.3. The second-order valence-electron chi connectivity index (χ2n) is 6.91. The fraction of sp³-hybridized carbons (Fsp3) is 0. The number of anilines is 1. The smallest absolute Gasteiger partial charge is 0.295 e. The minimum atomic E-state index is -0.626. The van der Waals surface area contributed by atoms with E-state index in [4.69, 9.17) is 0 Å². The van der Waals surface area contributed by atoms with E-state index in [0.717, 1.165) is 4.90 Å². The molecule has 0 unspecified atom stereocenters. The van der Waals surface area contributed by atoms with Crippen molar-refractivity contribution in [2.24, 2.45) is 10.2 Å². The Morgan fingerprint density at radius 3 is 2.13 bits per heavy atom. The number of H-pyrrole nitrogens is 1. The monoisotopic (exact) mass is 410 g/mol. The van der Waals surface area contributed by atoms with Crippen LogP contribution in [0.15, 0.2) is 83.0 Å². The van der Waals surface area contributed by atoms with Gasteiger partial charge >= 0.3 is 0 Å². The molecule has 0 bridgehead atoms. The number of amides is 3. The van der Waals surface area contributed by atoms with Crippen molar-refractivity contribution in [3.05, 3.63) is 89.5 Å². The fourth-order valence-electron chi connectivity index (χ4n) is 3.54. The molecule has 4 aromatic rings. The largest absolute Gasteiger partial charge is 0.493 e. The van der Waals surface area contributed by atoms with Crippen LogP contribution in [0.2, 0.25) is 0 Å². The molecular weight excluding hydrogens is 396 g/mol. The number of para-hydroxylation sites is 1. The van der Waals surface area contributed by atoms with Crippen molar-refractivity contribution in [2.45, 2.75) is 0 Å². The normalized spacial score (nSPS) is 13.4. The van der Waals surface area contributed by atoms with Gasteiger partial charge in [0.05, 0.1) is 22.3 Å². The van der Waals surface area contributed by atoms with E-state index in [1.807, 2.05) is 0 Å². The van der Waals surface area contributed by atoms with Gasteiger partial charge in [0.2, 0.25) is 5.88 Å². The van der Waals surface area contributed by atoms with E-state index in [9.17, 15) is 19.5 Å². The number of rotatable bonds is 3. The Labute approximate surface area is 175 Å². The summed E-state index contributed by atoms with van der Waals surface area (Å²) in [6, 6.07) is 19.7. The standard InChI is InChI=1S/C23H14N4O4/c28-20(26-25-19-17-7-3-4-8-18(17)24-21(19)29)13-9-11-14(12-10-13)27-22(30)15-5-1-2-6-16(15)23(27)31/h1-12,24,29H. The Morgan fingerprint density at radius 1 is 0.839 bits per heavy atom. The number of azo groups is 1. The average molecular weight is 410 g/mol. The molecule has 0 spiro atoms. The SMILES string of the molecule is O=C(N=Nc1c(O)[nH]c2ccccc12)c1ccc(N2C(=O)c3ccccc3C2=O)cc1. The molecule has 1 aliphatic heterocycles. The number of fused-ring (bicyclic) bond motifs is 2. The summed E-state index contributed by atoms with van der Waals surface area (Å²) >= 11 is 0. The number of aromatic amines is 1. The number of imide groups is 1. The Bertz CT molecular complexity index is 1370. The van der Waals surface area contributed by atoms with E-state index >= 15 is 0 Å². The van der Waals surface area contributed by atoms with Crippen LogP contribution in [0.1, 0.15) is 31.1 Å². The molecule has 8 heteroatoms. The number of hydrogen-bond donors (Lipinski definition) is 2. The lowest BCUT2D eigenvalue weighted by Gasteiger charge is -2.13. The molecule has 0 aliphatic carbocycles. The molecular formula is C23H14N4O4. The number of nitrogens with zero attached hydrogens (tertiary/aromatic N) is 3. The zero-order chi connectivity index (χ0) is 21.5. The molecule has 0 atom stereocenters. The number of nitrogens with one attached hydrogen (secondary N) is 1. The van der Waals surface area contributed by atoms with E-state index < -0.39 is 17.7 Å². The fourth-order valence-corrected chi connectivity index (χ4v) is 3.54. The molecule has 1 aliphatic rings. The van der Waals surface area contributed by atoms with Gasteiger partial charge in [-0.3, -0.25) is 14.4 Å². The van der Waals surface area contributed by atoms with Crippen LogP contribution in [0.25, 0.3) is 10.9 Å². The number of carbonyl (C=O) groups is 3. The number of carbonyl (C=O) groups excluding carboxylic acids is 3. The predicted octanol–water partition coefficient (Wildman–Crippen LogP) is 4.60. The second kappa shape index (κ2) is 7.03. The zero-order valence-electron chi connectivity index (χ0n) is 15.9. The quantitative estimate of drug-likeness (QED) is 0.379. The summed E-state index contributed by atoms with van der Waals surface area (Å²) in [5.74, 6) is -1.62. The molecule has 0 radical (unpaired) electrons. The van der Waals surface area contributed by atoms with Gasteiger partial charge in [-0.05, 0) is 42.5 Å². The van der Waals surface area contributed by atoms with Gasteiger partial charge in [-0.15, -0.1) is 10.2 Å². The molecule has 2 N–H and O–H groups in total. The number of hydrogen-bond acceptors (Lipinski definition) is 5. The van der Waals surface area contributed by atoms with Crippen molar-refractivity contribution < 1.29 is 19.5 Å². The molecule has 0 saturated heterocycles. The van der Waals surface area contributed by atoms with E-state index in [-0.39, 0.29) is 17.1 Å². The molecule has 31 heavy (non-hydrogen) atoms. The van der Waals surface area contributed by atoms with Crippen LogP contribution in [-0.4, -0.2) is 27.8 Å². The molecule has 1 aromatic heterocycles. The van der Waals surface area contributed by atoms with Gasteiger partial charge in [0, 0.05) is 10.9 Å². The average Bonchev–Trinajstić information content (AvgIpc) is 3.25. The van der Waals surface area contributed by atoms with Crippen molar-refractivity contribution in [2.75, 3.05) is 4.90 Å². The van der Waals surface area contributed by atoms with E-state index in [2.05, 4.69) is 15.2 Å². The maximum absolute atomic E-state index is 12.6. The lowest BCUT2D eigenvalue weighted by molar-refractivity contribution is 0.0925. The zero-order valence-corrected chi connectivity index (χ0v) is 15.9. The van der Waals surface area contributed by atoms with Crippen molar-refractivity contribution in [1.82, 2.24) is 4.98 Å². The first-order valence-electron chi connectivity index (χ1n) is 9.38. The predicted molar refractivity (Wildman–Crippen MR) is 113 cm³/mol. The van der Waals surface area contributed by atoms with Gasteiger partial charge < -0.3 is 10.1 Å². The van der Waals surface area contributed by atoms with Crippen molar-refractivity contribution in [1.29, 1.82) is 0 Å². The van der Waals surface area contributed by atoms with Crippen molar-refractivity contribution in [3.8, 4) is 5.88 Å². The first kappa shape index (κ1) is 18.4. The van der Waals surface area contributed by atoms with Crippen LogP contribution in [0.4, 0.5) is 11.4 Å². The van der Waals surface area contributed by atoms with Gasteiger partial charge in [0.25, 0.3) is 17.7 Å². The van der Waals surface area contributed by atoms with E-state index in [1.54, 1.807) is 48.5 Å². The third-order valence-corrected chi connectivity index (χ3v) is 5.07.